The molecule has 1 aromatic carbocycles. The van der Waals surface area contributed by atoms with E-state index in [1.54, 1.807) is 7.11 Å². The minimum Gasteiger partial charge on any atom is -0.497 e. The molecule has 3 nitrogen and oxygen atoms in total. The lowest BCUT2D eigenvalue weighted by atomic mass is 10.1. The van der Waals surface area contributed by atoms with E-state index in [1.165, 1.54) is 6.08 Å². The predicted octanol–water partition coefficient (Wildman–Crippen LogP) is 1.53. The van der Waals surface area contributed by atoms with E-state index in [2.05, 4.69) is 17.0 Å². The van der Waals surface area contributed by atoms with E-state index in [-0.39, 0.29) is 0 Å². The minimum absolute atomic E-state index is 0.544. The second-order valence-electron chi connectivity index (χ2n) is 2.52. The van der Waals surface area contributed by atoms with Crippen LogP contribution in [0.2, 0.25) is 0 Å². The van der Waals surface area contributed by atoms with Crippen LogP contribution in [0, 0.1) is 12.0 Å². The van der Waals surface area contributed by atoms with Gasteiger partial charge in [0.25, 0.3) is 0 Å². The second kappa shape index (κ2) is 5.58. The summed E-state index contributed by atoms with van der Waals surface area (Å²) in [6, 6.07) is 9.90. The summed E-state index contributed by atoms with van der Waals surface area (Å²) in [5, 5.41) is 0. The van der Waals surface area contributed by atoms with Crippen LogP contribution < -0.4 is 4.74 Å². The Morgan fingerprint density at radius 3 is 3.07 bits per heavy atom. The fourth-order valence-corrected chi connectivity index (χ4v) is 0.986. The van der Waals surface area contributed by atoms with E-state index in [0.29, 0.717) is 6.42 Å². The highest BCUT2D eigenvalue weighted by Gasteiger charge is 1.92. The SMILES string of the molecule is COc1cccc(CC#CN=C=O)c1. The van der Waals surface area contributed by atoms with E-state index in [9.17, 15) is 4.79 Å². The number of nitrogens with zero attached hydrogens (tertiary/aromatic N) is 1. The lowest BCUT2D eigenvalue weighted by molar-refractivity contribution is 0.414. The van der Waals surface area contributed by atoms with E-state index in [4.69, 9.17) is 4.74 Å². The molecule has 0 aromatic heterocycles. The van der Waals surface area contributed by atoms with Gasteiger partial charge >= 0.3 is 0 Å². The first-order valence-corrected chi connectivity index (χ1v) is 4.04. The van der Waals surface area contributed by atoms with Gasteiger partial charge in [0, 0.05) is 12.5 Å². The molecule has 1 rings (SSSR count). The molecule has 0 heterocycles. The molecule has 0 saturated heterocycles. The average molecular weight is 187 g/mol. The minimum atomic E-state index is 0.544. The number of carbonyl (C=O) groups excluding carboxylic acids is 1. The van der Waals surface area contributed by atoms with Crippen LogP contribution in [-0.4, -0.2) is 13.2 Å². The first-order valence-electron chi connectivity index (χ1n) is 4.04. The van der Waals surface area contributed by atoms with Crippen LogP contribution in [0.4, 0.5) is 0 Å². The van der Waals surface area contributed by atoms with E-state index < -0.39 is 0 Å². The fraction of sp³-hybridized carbons (Fsp3) is 0.182. The summed E-state index contributed by atoms with van der Waals surface area (Å²) in [5.74, 6) is 3.51. The van der Waals surface area contributed by atoms with Crippen molar-refractivity contribution in [3.8, 4) is 17.7 Å². The van der Waals surface area contributed by atoms with Crippen molar-refractivity contribution in [2.24, 2.45) is 4.99 Å². The lowest BCUT2D eigenvalue weighted by Crippen LogP contribution is -1.85. The van der Waals surface area contributed by atoms with Crippen molar-refractivity contribution in [1.29, 1.82) is 0 Å². The monoisotopic (exact) mass is 187 g/mol. The molecule has 70 valence electrons. The van der Waals surface area contributed by atoms with E-state index in [1.807, 2.05) is 24.3 Å². The molecule has 1 aromatic rings. The first kappa shape index (κ1) is 10.0. The summed E-state index contributed by atoms with van der Waals surface area (Å²) in [7, 11) is 1.61. The Morgan fingerprint density at radius 2 is 2.36 bits per heavy atom. The van der Waals surface area contributed by atoms with Crippen molar-refractivity contribution in [3.63, 3.8) is 0 Å². The van der Waals surface area contributed by atoms with Gasteiger partial charge in [0.1, 0.15) is 5.75 Å². The molecule has 0 saturated carbocycles. The number of hydrogen-bond acceptors (Lipinski definition) is 3. The summed E-state index contributed by atoms with van der Waals surface area (Å²) >= 11 is 0. The highest BCUT2D eigenvalue weighted by atomic mass is 16.5. The molecular weight excluding hydrogens is 178 g/mol. The smallest absolute Gasteiger partial charge is 0.249 e. The number of aliphatic imine (C=N–C) groups is 1. The fourth-order valence-electron chi connectivity index (χ4n) is 0.986. The van der Waals surface area contributed by atoms with Crippen molar-refractivity contribution in [3.05, 3.63) is 29.8 Å². The Labute approximate surface area is 82.4 Å². The van der Waals surface area contributed by atoms with Gasteiger partial charge in [-0.05, 0) is 17.7 Å². The van der Waals surface area contributed by atoms with E-state index in [0.717, 1.165) is 11.3 Å². The summed E-state index contributed by atoms with van der Waals surface area (Å²) in [4.78, 5) is 12.8. The maximum atomic E-state index is 9.70. The molecule has 0 unspecified atom stereocenters. The maximum Gasteiger partial charge on any atom is 0.249 e. The number of ether oxygens (including phenoxy) is 1. The average Bonchev–Trinajstić information content (AvgIpc) is 2.25. The van der Waals surface area contributed by atoms with Crippen molar-refractivity contribution in [2.45, 2.75) is 6.42 Å². The standard InChI is InChI=1S/C11H9NO2/c1-14-11-6-2-4-10(8-11)5-3-7-12-9-13/h2,4,6,8H,5H2,1H3. The molecule has 0 fully saturated rings. The van der Waals surface area contributed by atoms with Crippen LogP contribution in [-0.2, 0) is 11.2 Å². The summed E-state index contributed by atoms with van der Waals surface area (Å²) in [5.41, 5.74) is 1.03. The van der Waals surface area contributed by atoms with Crippen LogP contribution >= 0.6 is 0 Å². The number of isocyanates is 1. The van der Waals surface area contributed by atoms with Gasteiger partial charge in [0.2, 0.25) is 6.08 Å². The molecule has 0 spiro atoms. The largest absolute Gasteiger partial charge is 0.497 e. The molecule has 0 amide bonds. The third-order valence-electron chi connectivity index (χ3n) is 1.61. The lowest BCUT2D eigenvalue weighted by Gasteiger charge is -2.00. The van der Waals surface area contributed by atoms with Crippen molar-refractivity contribution in [2.75, 3.05) is 7.11 Å². The summed E-state index contributed by atoms with van der Waals surface area (Å²) in [6.45, 7) is 0. The van der Waals surface area contributed by atoms with Crippen LogP contribution in [0.25, 0.3) is 0 Å². The van der Waals surface area contributed by atoms with Gasteiger partial charge in [-0.3, -0.25) is 0 Å². The van der Waals surface area contributed by atoms with Gasteiger partial charge in [-0.15, -0.1) is 4.99 Å². The van der Waals surface area contributed by atoms with Gasteiger partial charge in [-0.2, -0.15) is 0 Å². The molecule has 0 aliphatic rings. The first-order chi connectivity index (χ1) is 6.86. The Hall–Kier alpha value is -2.04. The van der Waals surface area contributed by atoms with Crippen LogP contribution in [0.3, 0.4) is 0 Å². The number of benzene rings is 1. The third kappa shape index (κ3) is 3.14. The molecule has 0 bridgehead atoms. The number of hydrogen-bond donors (Lipinski definition) is 0. The third-order valence-corrected chi connectivity index (χ3v) is 1.61. The molecule has 0 radical (unpaired) electrons. The van der Waals surface area contributed by atoms with Crippen molar-refractivity contribution >= 4 is 6.08 Å². The maximum absolute atomic E-state index is 9.70. The van der Waals surface area contributed by atoms with Gasteiger partial charge in [0.15, 0.2) is 0 Å². The van der Waals surface area contributed by atoms with Gasteiger partial charge in [-0.1, -0.05) is 18.1 Å². The highest BCUT2D eigenvalue weighted by molar-refractivity contribution is 5.37. The molecule has 0 atom stereocenters. The number of rotatable bonds is 2. The quantitative estimate of drug-likeness (QED) is 0.400. The molecule has 3 heteroatoms. The van der Waals surface area contributed by atoms with Crippen LogP contribution in [0.1, 0.15) is 5.56 Å². The number of methoxy groups -OCH3 is 1. The zero-order valence-corrected chi connectivity index (χ0v) is 7.78. The predicted molar refractivity (Wildman–Crippen MR) is 52.6 cm³/mol. The molecular formula is C11H9NO2. The zero-order valence-electron chi connectivity index (χ0n) is 7.78. The van der Waals surface area contributed by atoms with Gasteiger partial charge in [0.05, 0.1) is 7.11 Å². The topological polar surface area (TPSA) is 38.7 Å². The Bertz CT molecular complexity index is 409. The highest BCUT2D eigenvalue weighted by Crippen LogP contribution is 2.12. The second-order valence-corrected chi connectivity index (χ2v) is 2.52. The molecule has 0 aliphatic carbocycles. The molecule has 0 N–H and O–H groups in total. The Morgan fingerprint density at radius 1 is 1.50 bits per heavy atom. The van der Waals surface area contributed by atoms with Crippen molar-refractivity contribution in [1.82, 2.24) is 0 Å². The van der Waals surface area contributed by atoms with Crippen LogP contribution in [0.15, 0.2) is 29.3 Å². The van der Waals surface area contributed by atoms with Crippen LogP contribution in [0.5, 0.6) is 5.75 Å². The zero-order chi connectivity index (χ0) is 10.2. The Balaban J connectivity index is 2.68. The molecule has 0 aliphatic heterocycles. The van der Waals surface area contributed by atoms with Gasteiger partial charge in [-0.25, -0.2) is 4.79 Å². The normalized spacial score (nSPS) is 8.07. The van der Waals surface area contributed by atoms with Gasteiger partial charge < -0.3 is 4.74 Å². The molecule has 14 heavy (non-hydrogen) atoms. The van der Waals surface area contributed by atoms with E-state index >= 15 is 0 Å². The summed E-state index contributed by atoms with van der Waals surface area (Å²) in [6.07, 6.45) is 1.90. The summed E-state index contributed by atoms with van der Waals surface area (Å²) < 4.78 is 5.05. The Kier molecular flexibility index (Phi) is 4.00. The van der Waals surface area contributed by atoms with Crippen molar-refractivity contribution < 1.29 is 9.53 Å².